The van der Waals surface area contributed by atoms with Gasteiger partial charge in [0, 0.05) is 23.3 Å². The molecule has 3 aromatic heterocycles. The number of rotatable bonds is 7. The summed E-state index contributed by atoms with van der Waals surface area (Å²) in [6, 6.07) is 10.6. The zero-order valence-corrected chi connectivity index (χ0v) is 17.5. The van der Waals surface area contributed by atoms with Crippen LogP contribution in [0.25, 0.3) is 22.3 Å². The van der Waals surface area contributed by atoms with E-state index in [1.165, 1.54) is 6.33 Å². The third kappa shape index (κ3) is 3.82. The normalized spacial score (nSPS) is 15.1. The number of hydrogen-bond acceptors (Lipinski definition) is 6. The van der Waals surface area contributed by atoms with Crippen molar-refractivity contribution in [3.8, 4) is 17.3 Å². The van der Waals surface area contributed by atoms with Crippen molar-refractivity contribution in [3.63, 3.8) is 0 Å². The van der Waals surface area contributed by atoms with Gasteiger partial charge in [-0.3, -0.25) is 4.68 Å². The highest BCUT2D eigenvalue weighted by atomic mass is 32.2. The van der Waals surface area contributed by atoms with Crippen molar-refractivity contribution in [1.29, 1.82) is 5.26 Å². The monoisotopic (exact) mass is 432 g/mol. The Bertz CT molecular complexity index is 1390. The van der Waals surface area contributed by atoms with Gasteiger partial charge in [0.1, 0.15) is 12.0 Å². The molecule has 1 saturated carbocycles. The molecule has 1 aromatic carbocycles. The van der Waals surface area contributed by atoms with Crippen molar-refractivity contribution < 1.29 is 8.42 Å². The molecule has 1 fully saturated rings. The van der Waals surface area contributed by atoms with E-state index < -0.39 is 15.9 Å². The average Bonchev–Trinajstić information content (AvgIpc) is 3.25. The molecule has 0 amide bonds. The Kier molecular flexibility index (Phi) is 4.79. The summed E-state index contributed by atoms with van der Waals surface area (Å²) in [6.07, 6.45) is 8.95. The largest absolute Gasteiger partial charge is 0.346 e. The lowest BCUT2D eigenvalue weighted by Gasteiger charge is -2.16. The highest BCUT2D eigenvalue weighted by Gasteiger charge is 2.29. The van der Waals surface area contributed by atoms with E-state index >= 15 is 0 Å². The van der Waals surface area contributed by atoms with E-state index in [9.17, 15) is 13.7 Å². The molecule has 0 saturated heterocycles. The third-order valence-corrected chi connectivity index (χ3v) is 7.47. The van der Waals surface area contributed by atoms with Gasteiger partial charge in [0.15, 0.2) is 9.84 Å². The van der Waals surface area contributed by atoms with Crippen molar-refractivity contribution in [2.75, 3.05) is 5.75 Å². The SMILES string of the molecule is N#CCC(c1cccc(S(=O)(=O)CC2CC2)c1)n1cc(-c2ncnc3[nH]ccc23)cn1. The summed E-state index contributed by atoms with van der Waals surface area (Å²) in [7, 11) is -3.34. The number of aromatic nitrogens is 5. The zero-order valence-electron chi connectivity index (χ0n) is 16.6. The molecule has 0 aliphatic heterocycles. The number of nitriles is 1. The predicted octanol–water partition coefficient (Wildman–Crippen LogP) is 3.51. The highest BCUT2D eigenvalue weighted by molar-refractivity contribution is 7.91. The molecule has 0 radical (unpaired) electrons. The molecule has 1 atom stereocenters. The van der Waals surface area contributed by atoms with Crippen LogP contribution < -0.4 is 0 Å². The van der Waals surface area contributed by atoms with Crippen molar-refractivity contribution >= 4 is 20.9 Å². The first-order valence-corrected chi connectivity index (χ1v) is 11.7. The Morgan fingerprint density at radius 2 is 2.13 bits per heavy atom. The van der Waals surface area contributed by atoms with Crippen LogP contribution >= 0.6 is 0 Å². The second-order valence-electron chi connectivity index (χ2n) is 7.85. The minimum atomic E-state index is -3.34. The van der Waals surface area contributed by atoms with E-state index in [1.54, 1.807) is 35.3 Å². The molecule has 5 rings (SSSR count). The molecule has 1 aliphatic carbocycles. The number of benzene rings is 1. The maximum absolute atomic E-state index is 12.7. The maximum atomic E-state index is 12.7. The zero-order chi connectivity index (χ0) is 21.4. The van der Waals surface area contributed by atoms with Gasteiger partial charge >= 0.3 is 0 Å². The van der Waals surface area contributed by atoms with Gasteiger partial charge in [0.2, 0.25) is 0 Å². The van der Waals surface area contributed by atoms with E-state index in [-0.39, 0.29) is 18.1 Å². The Balaban J connectivity index is 1.51. The van der Waals surface area contributed by atoms with Gasteiger partial charge in [-0.1, -0.05) is 12.1 Å². The van der Waals surface area contributed by atoms with Gasteiger partial charge in [0.25, 0.3) is 0 Å². The molecule has 0 bridgehead atoms. The lowest BCUT2D eigenvalue weighted by atomic mass is 10.0. The minimum absolute atomic E-state index is 0.163. The fourth-order valence-corrected chi connectivity index (χ4v) is 5.54. The molecule has 4 aromatic rings. The highest BCUT2D eigenvalue weighted by Crippen LogP contribution is 2.33. The van der Waals surface area contributed by atoms with E-state index in [1.807, 2.05) is 18.3 Å². The minimum Gasteiger partial charge on any atom is -0.346 e. The molecule has 31 heavy (non-hydrogen) atoms. The van der Waals surface area contributed by atoms with Crippen molar-refractivity contribution in [2.45, 2.75) is 30.2 Å². The molecule has 9 heteroatoms. The van der Waals surface area contributed by atoms with Crippen molar-refractivity contribution in [2.24, 2.45) is 5.92 Å². The van der Waals surface area contributed by atoms with Crippen LogP contribution in [0.15, 0.2) is 60.1 Å². The van der Waals surface area contributed by atoms with Gasteiger partial charge in [-0.2, -0.15) is 10.4 Å². The van der Waals surface area contributed by atoms with E-state index in [0.717, 1.165) is 40.7 Å². The quantitative estimate of drug-likeness (QED) is 0.477. The molecular weight excluding hydrogens is 412 g/mol. The Morgan fingerprint density at radius 3 is 2.94 bits per heavy atom. The number of aromatic amines is 1. The molecule has 0 spiro atoms. The molecule has 8 nitrogen and oxygen atoms in total. The van der Waals surface area contributed by atoms with E-state index in [0.29, 0.717) is 4.90 Å². The number of H-pyrrole nitrogens is 1. The second-order valence-corrected chi connectivity index (χ2v) is 9.88. The number of nitrogens with one attached hydrogen (secondary N) is 1. The first kappa shape index (κ1) is 19.5. The lowest BCUT2D eigenvalue weighted by molar-refractivity contribution is 0.531. The van der Waals surface area contributed by atoms with Crippen LogP contribution in [-0.2, 0) is 9.84 Å². The first-order valence-electron chi connectivity index (χ1n) is 10.1. The summed E-state index contributed by atoms with van der Waals surface area (Å²) >= 11 is 0. The first-order chi connectivity index (χ1) is 15.0. The van der Waals surface area contributed by atoms with Gasteiger partial charge in [-0.05, 0) is 42.5 Å². The predicted molar refractivity (Wildman–Crippen MR) is 115 cm³/mol. The molecule has 3 heterocycles. The fraction of sp³-hybridized carbons (Fsp3) is 0.273. The van der Waals surface area contributed by atoms with Crippen LogP contribution in [-0.4, -0.2) is 38.9 Å². The smallest absolute Gasteiger partial charge is 0.178 e. The van der Waals surface area contributed by atoms with Crippen LogP contribution in [0.1, 0.15) is 30.9 Å². The molecular formula is C22H20N6O2S. The standard InChI is InChI=1S/C22H20N6O2S/c23-8-6-20(16-2-1-3-18(10-16)31(29,30)13-15-4-5-15)28-12-17(11-27-28)21-19-7-9-24-22(19)26-14-25-21/h1-3,7,9-12,14-15,20H,4-6,13H2,(H,24,25,26). The molecule has 1 unspecified atom stereocenters. The summed E-state index contributed by atoms with van der Waals surface area (Å²) < 4.78 is 27.2. The van der Waals surface area contributed by atoms with Crippen LogP contribution in [0.5, 0.6) is 0 Å². The summed E-state index contributed by atoms with van der Waals surface area (Å²) in [4.78, 5) is 12.0. The van der Waals surface area contributed by atoms with Crippen LogP contribution in [0.4, 0.5) is 0 Å². The second kappa shape index (κ2) is 7.63. The molecule has 156 valence electrons. The van der Waals surface area contributed by atoms with Gasteiger partial charge in [-0.15, -0.1) is 0 Å². The van der Waals surface area contributed by atoms with Gasteiger partial charge in [-0.25, -0.2) is 18.4 Å². The van der Waals surface area contributed by atoms with Crippen LogP contribution in [0.3, 0.4) is 0 Å². The summed E-state index contributed by atoms with van der Waals surface area (Å²) in [6.45, 7) is 0. The topological polar surface area (TPSA) is 117 Å². The molecule has 1 N–H and O–H groups in total. The van der Waals surface area contributed by atoms with Crippen molar-refractivity contribution in [1.82, 2.24) is 24.7 Å². The third-order valence-electron chi connectivity index (χ3n) is 5.59. The Morgan fingerprint density at radius 1 is 1.26 bits per heavy atom. The number of sulfone groups is 1. The number of hydrogen-bond donors (Lipinski definition) is 1. The van der Waals surface area contributed by atoms with Gasteiger partial charge < -0.3 is 4.98 Å². The van der Waals surface area contributed by atoms with E-state index in [4.69, 9.17) is 0 Å². The van der Waals surface area contributed by atoms with Crippen LogP contribution in [0.2, 0.25) is 0 Å². The van der Waals surface area contributed by atoms with Gasteiger partial charge in [0.05, 0.1) is 41.1 Å². The summed E-state index contributed by atoms with van der Waals surface area (Å²) in [5.74, 6) is 0.460. The lowest BCUT2D eigenvalue weighted by Crippen LogP contribution is -2.13. The summed E-state index contributed by atoms with van der Waals surface area (Å²) in [5, 5.41) is 14.8. The Hall–Kier alpha value is -3.51. The fourth-order valence-electron chi connectivity index (χ4n) is 3.79. The number of nitrogens with zero attached hydrogens (tertiary/aromatic N) is 5. The molecule has 1 aliphatic rings. The summed E-state index contributed by atoms with van der Waals surface area (Å²) in [5.41, 5.74) is 3.02. The van der Waals surface area contributed by atoms with E-state index in [2.05, 4.69) is 26.1 Å². The maximum Gasteiger partial charge on any atom is 0.178 e. The average molecular weight is 433 g/mol. The number of fused-ring (bicyclic) bond motifs is 1. The van der Waals surface area contributed by atoms with Crippen molar-refractivity contribution in [3.05, 3.63) is 60.8 Å². The van der Waals surface area contributed by atoms with Crippen LogP contribution in [0, 0.1) is 17.2 Å². The Labute approximate surface area is 179 Å².